The molecule has 5 nitrogen and oxygen atoms in total. The van der Waals surface area contributed by atoms with Crippen molar-refractivity contribution in [1.29, 1.82) is 0 Å². The minimum Gasteiger partial charge on any atom is -0.467 e. The molecule has 0 saturated carbocycles. The Morgan fingerprint density at radius 3 is 2.81 bits per heavy atom. The SMILES string of the molecule is CC(C)COC[C@@H](NC(=O)c1cccnc1)c1ccco1. The van der Waals surface area contributed by atoms with E-state index < -0.39 is 0 Å². The fourth-order valence-corrected chi connectivity index (χ4v) is 1.84. The van der Waals surface area contributed by atoms with Gasteiger partial charge >= 0.3 is 0 Å². The van der Waals surface area contributed by atoms with Crippen molar-refractivity contribution in [3.63, 3.8) is 0 Å². The molecule has 0 aliphatic heterocycles. The lowest BCUT2D eigenvalue weighted by molar-refractivity contribution is 0.0730. The van der Waals surface area contributed by atoms with E-state index in [0.717, 1.165) is 0 Å². The number of amides is 1. The first-order chi connectivity index (χ1) is 10.2. The highest BCUT2D eigenvalue weighted by atomic mass is 16.5. The van der Waals surface area contributed by atoms with E-state index in [1.807, 2.05) is 6.07 Å². The molecule has 0 aliphatic rings. The number of nitrogens with zero attached hydrogens (tertiary/aromatic N) is 1. The number of hydrogen-bond donors (Lipinski definition) is 1. The van der Waals surface area contributed by atoms with E-state index in [0.29, 0.717) is 30.5 Å². The number of furan rings is 1. The molecule has 0 saturated heterocycles. The zero-order valence-electron chi connectivity index (χ0n) is 12.3. The van der Waals surface area contributed by atoms with Gasteiger partial charge in [-0.25, -0.2) is 0 Å². The quantitative estimate of drug-likeness (QED) is 0.851. The minimum absolute atomic E-state index is 0.197. The summed E-state index contributed by atoms with van der Waals surface area (Å²) in [4.78, 5) is 16.1. The maximum absolute atomic E-state index is 12.2. The van der Waals surface area contributed by atoms with E-state index >= 15 is 0 Å². The topological polar surface area (TPSA) is 64.4 Å². The Labute approximate surface area is 124 Å². The molecule has 0 radical (unpaired) electrons. The van der Waals surface area contributed by atoms with Crippen molar-refractivity contribution < 1.29 is 13.9 Å². The van der Waals surface area contributed by atoms with Gasteiger partial charge < -0.3 is 14.5 Å². The van der Waals surface area contributed by atoms with Gasteiger partial charge in [-0.05, 0) is 30.2 Å². The van der Waals surface area contributed by atoms with Crippen LogP contribution < -0.4 is 5.32 Å². The molecule has 1 N–H and O–H groups in total. The first kappa shape index (κ1) is 15.3. The first-order valence-electron chi connectivity index (χ1n) is 6.99. The minimum atomic E-state index is -0.313. The van der Waals surface area contributed by atoms with Crippen LogP contribution in [0.25, 0.3) is 0 Å². The lowest BCUT2D eigenvalue weighted by Crippen LogP contribution is -2.31. The van der Waals surface area contributed by atoms with Crippen LogP contribution in [-0.4, -0.2) is 24.1 Å². The Bertz CT molecular complexity index is 538. The lowest BCUT2D eigenvalue weighted by atomic mass is 10.2. The highest BCUT2D eigenvalue weighted by molar-refractivity contribution is 5.94. The molecule has 0 aliphatic carbocycles. The molecule has 0 unspecified atom stereocenters. The predicted molar refractivity (Wildman–Crippen MR) is 78.8 cm³/mol. The van der Waals surface area contributed by atoms with Gasteiger partial charge in [-0.1, -0.05) is 13.8 Å². The summed E-state index contributed by atoms with van der Waals surface area (Å²) in [5.74, 6) is 0.921. The average molecular weight is 288 g/mol. The second-order valence-electron chi connectivity index (χ2n) is 5.21. The zero-order chi connectivity index (χ0) is 15.1. The van der Waals surface area contributed by atoms with E-state index in [2.05, 4.69) is 24.1 Å². The molecule has 2 rings (SSSR count). The van der Waals surface area contributed by atoms with E-state index in [1.54, 1.807) is 30.7 Å². The van der Waals surface area contributed by atoms with Crippen LogP contribution in [0.15, 0.2) is 47.3 Å². The molecule has 112 valence electrons. The maximum Gasteiger partial charge on any atom is 0.253 e. The third kappa shape index (κ3) is 4.72. The number of ether oxygens (including phenoxy) is 1. The second kappa shape index (κ2) is 7.59. The Morgan fingerprint density at radius 1 is 1.33 bits per heavy atom. The molecule has 0 bridgehead atoms. The van der Waals surface area contributed by atoms with Crippen LogP contribution in [0.2, 0.25) is 0 Å². The molecule has 5 heteroatoms. The van der Waals surface area contributed by atoms with Crippen molar-refractivity contribution >= 4 is 5.91 Å². The van der Waals surface area contributed by atoms with Crippen LogP contribution in [0, 0.1) is 5.92 Å². The van der Waals surface area contributed by atoms with Gasteiger partial charge in [0.25, 0.3) is 5.91 Å². The normalized spacial score (nSPS) is 12.3. The van der Waals surface area contributed by atoms with Gasteiger partial charge in [-0.3, -0.25) is 9.78 Å². The van der Waals surface area contributed by atoms with Crippen LogP contribution in [0.5, 0.6) is 0 Å². The monoisotopic (exact) mass is 288 g/mol. The molecule has 0 spiro atoms. The Kier molecular flexibility index (Phi) is 5.51. The predicted octanol–water partition coefficient (Wildman–Crippen LogP) is 2.82. The smallest absolute Gasteiger partial charge is 0.253 e. The van der Waals surface area contributed by atoms with Gasteiger partial charge in [0.05, 0.1) is 18.4 Å². The molecule has 2 aromatic rings. The standard InChI is InChI=1S/C16H20N2O3/c1-12(2)10-20-11-14(15-6-4-8-21-15)18-16(19)13-5-3-7-17-9-13/h3-9,12,14H,10-11H2,1-2H3,(H,18,19)/t14-/m1/s1. The molecule has 2 heterocycles. The van der Waals surface area contributed by atoms with Crippen LogP contribution in [0.3, 0.4) is 0 Å². The molecule has 0 fully saturated rings. The first-order valence-corrected chi connectivity index (χ1v) is 6.99. The number of aromatic nitrogens is 1. The number of carbonyl (C=O) groups excluding carboxylic acids is 1. The molecule has 0 aromatic carbocycles. The zero-order valence-corrected chi connectivity index (χ0v) is 12.3. The van der Waals surface area contributed by atoms with Gasteiger partial charge in [0, 0.05) is 19.0 Å². The van der Waals surface area contributed by atoms with E-state index in [4.69, 9.17) is 9.15 Å². The third-order valence-corrected chi connectivity index (χ3v) is 2.85. The van der Waals surface area contributed by atoms with Gasteiger partial charge in [-0.15, -0.1) is 0 Å². The van der Waals surface area contributed by atoms with E-state index in [1.165, 1.54) is 6.20 Å². The van der Waals surface area contributed by atoms with Gasteiger partial charge in [-0.2, -0.15) is 0 Å². The number of pyridine rings is 1. The summed E-state index contributed by atoms with van der Waals surface area (Å²) in [7, 11) is 0. The van der Waals surface area contributed by atoms with E-state index in [-0.39, 0.29) is 11.9 Å². The van der Waals surface area contributed by atoms with Crippen LogP contribution in [0.1, 0.15) is 36.0 Å². The third-order valence-electron chi connectivity index (χ3n) is 2.85. The fraction of sp³-hybridized carbons (Fsp3) is 0.375. The molecule has 1 amide bonds. The molecule has 1 atom stereocenters. The summed E-state index contributed by atoms with van der Waals surface area (Å²) < 4.78 is 11.0. The summed E-state index contributed by atoms with van der Waals surface area (Å²) in [5, 5.41) is 2.91. The van der Waals surface area contributed by atoms with Crippen LogP contribution >= 0.6 is 0 Å². The second-order valence-corrected chi connectivity index (χ2v) is 5.21. The van der Waals surface area contributed by atoms with Crippen molar-refractivity contribution in [2.24, 2.45) is 5.92 Å². The summed E-state index contributed by atoms with van der Waals surface area (Å²) in [6, 6.07) is 6.75. The summed E-state index contributed by atoms with van der Waals surface area (Å²) >= 11 is 0. The van der Waals surface area contributed by atoms with Crippen LogP contribution in [-0.2, 0) is 4.74 Å². The lowest BCUT2D eigenvalue weighted by Gasteiger charge is -2.17. The van der Waals surface area contributed by atoms with Crippen molar-refractivity contribution in [3.8, 4) is 0 Å². The number of nitrogens with one attached hydrogen (secondary N) is 1. The van der Waals surface area contributed by atoms with Crippen molar-refractivity contribution in [1.82, 2.24) is 10.3 Å². The maximum atomic E-state index is 12.2. The summed E-state index contributed by atoms with van der Waals surface area (Å²) in [5.41, 5.74) is 0.512. The Balaban J connectivity index is 2.00. The largest absolute Gasteiger partial charge is 0.467 e. The molecular formula is C16H20N2O3. The highest BCUT2D eigenvalue weighted by Crippen LogP contribution is 2.15. The summed E-state index contributed by atoms with van der Waals surface area (Å²) in [6.07, 6.45) is 4.75. The Hall–Kier alpha value is -2.14. The average Bonchev–Trinajstić information content (AvgIpc) is 3.01. The number of hydrogen-bond acceptors (Lipinski definition) is 4. The van der Waals surface area contributed by atoms with Crippen LogP contribution in [0.4, 0.5) is 0 Å². The van der Waals surface area contributed by atoms with Crippen molar-refractivity contribution in [3.05, 3.63) is 54.2 Å². The van der Waals surface area contributed by atoms with Crippen molar-refractivity contribution in [2.45, 2.75) is 19.9 Å². The number of rotatable bonds is 7. The molecular weight excluding hydrogens is 268 g/mol. The molecule has 2 aromatic heterocycles. The highest BCUT2D eigenvalue weighted by Gasteiger charge is 2.18. The van der Waals surface area contributed by atoms with E-state index in [9.17, 15) is 4.79 Å². The van der Waals surface area contributed by atoms with Crippen molar-refractivity contribution in [2.75, 3.05) is 13.2 Å². The van der Waals surface area contributed by atoms with Gasteiger partial charge in [0.2, 0.25) is 0 Å². The summed E-state index contributed by atoms with van der Waals surface area (Å²) in [6.45, 7) is 5.17. The fourth-order valence-electron chi connectivity index (χ4n) is 1.84. The van der Waals surface area contributed by atoms with Gasteiger partial charge in [0.15, 0.2) is 0 Å². The Morgan fingerprint density at radius 2 is 2.19 bits per heavy atom. The number of carbonyl (C=O) groups is 1. The molecule has 21 heavy (non-hydrogen) atoms. The van der Waals surface area contributed by atoms with Gasteiger partial charge in [0.1, 0.15) is 11.8 Å².